The zero-order valence-electron chi connectivity index (χ0n) is 13.5. The number of hydrogen-bond donors (Lipinski definition) is 2. The minimum Gasteiger partial charge on any atom is -0.332 e. The molecule has 6 nitrogen and oxygen atoms in total. The van der Waals surface area contributed by atoms with Gasteiger partial charge in [0.2, 0.25) is 5.91 Å². The van der Waals surface area contributed by atoms with E-state index >= 15 is 0 Å². The second kappa shape index (κ2) is 6.54. The molecule has 0 saturated heterocycles. The number of pyridine rings is 1. The van der Waals surface area contributed by atoms with Crippen LogP contribution in [-0.4, -0.2) is 21.4 Å². The van der Waals surface area contributed by atoms with Crippen LogP contribution in [-0.2, 0) is 11.3 Å². The van der Waals surface area contributed by atoms with E-state index in [4.69, 9.17) is 0 Å². The van der Waals surface area contributed by atoms with Crippen molar-refractivity contribution in [3.05, 3.63) is 54.4 Å². The highest BCUT2D eigenvalue weighted by Crippen LogP contribution is 2.21. The van der Waals surface area contributed by atoms with Crippen molar-refractivity contribution in [2.45, 2.75) is 20.4 Å². The Balaban J connectivity index is 1.84. The van der Waals surface area contributed by atoms with Crippen LogP contribution in [0.4, 0.5) is 11.4 Å². The molecule has 122 valence electrons. The number of carbonyl (C=O) groups excluding carboxylic acids is 2. The molecular formula is C18H18N4O2. The van der Waals surface area contributed by atoms with Gasteiger partial charge in [0.05, 0.1) is 5.56 Å². The van der Waals surface area contributed by atoms with Gasteiger partial charge in [0.15, 0.2) is 0 Å². The molecule has 0 fully saturated rings. The average Bonchev–Trinajstić information content (AvgIpc) is 2.95. The quantitative estimate of drug-likeness (QED) is 0.774. The fourth-order valence-corrected chi connectivity index (χ4v) is 2.58. The number of nitrogens with one attached hydrogen (secondary N) is 2. The van der Waals surface area contributed by atoms with Gasteiger partial charge in [-0.05, 0) is 43.3 Å². The van der Waals surface area contributed by atoms with Crippen LogP contribution in [0.1, 0.15) is 24.2 Å². The van der Waals surface area contributed by atoms with Gasteiger partial charge in [0.25, 0.3) is 5.91 Å². The molecule has 0 bridgehead atoms. The van der Waals surface area contributed by atoms with E-state index in [9.17, 15) is 9.59 Å². The first-order valence-electron chi connectivity index (χ1n) is 7.71. The lowest BCUT2D eigenvalue weighted by Gasteiger charge is -2.06. The summed E-state index contributed by atoms with van der Waals surface area (Å²) in [6.07, 6.45) is 3.54. The summed E-state index contributed by atoms with van der Waals surface area (Å²) in [6.45, 7) is 4.20. The van der Waals surface area contributed by atoms with E-state index in [0.29, 0.717) is 16.9 Å². The van der Waals surface area contributed by atoms with Gasteiger partial charge in [-0.2, -0.15) is 0 Å². The Labute approximate surface area is 139 Å². The maximum absolute atomic E-state index is 12.6. The Hall–Kier alpha value is -3.15. The number of carbonyl (C=O) groups is 2. The highest BCUT2D eigenvalue weighted by molar-refractivity contribution is 6.12. The summed E-state index contributed by atoms with van der Waals surface area (Å²) in [5, 5.41) is 6.39. The number of nitrogens with zero attached hydrogens (tertiary/aromatic N) is 2. The lowest BCUT2D eigenvalue weighted by Crippen LogP contribution is -2.12. The molecule has 3 rings (SSSR count). The van der Waals surface area contributed by atoms with E-state index in [-0.39, 0.29) is 11.8 Å². The lowest BCUT2D eigenvalue weighted by molar-refractivity contribution is -0.114. The van der Waals surface area contributed by atoms with Crippen LogP contribution in [0.2, 0.25) is 0 Å². The van der Waals surface area contributed by atoms with E-state index in [2.05, 4.69) is 15.6 Å². The maximum atomic E-state index is 12.6. The Kier molecular flexibility index (Phi) is 4.29. The third kappa shape index (κ3) is 3.12. The first-order chi connectivity index (χ1) is 11.6. The van der Waals surface area contributed by atoms with Gasteiger partial charge >= 0.3 is 0 Å². The van der Waals surface area contributed by atoms with E-state index < -0.39 is 0 Å². The van der Waals surface area contributed by atoms with Crippen molar-refractivity contribution in [3.63, 3.8) is 0 Å². The topological polar surface area (TPSA) is 76.0 Å². The third-order valence-corrected chi connectivity index (χ3v) is 3.68. The Morgan fingerprint density at radius 3 is 2.38 bits per heavy atom. The summed E-state index contributed by atoms with van der Waals surface area (Å²) in [5.74, 6) is -0.320. The normalized spacial score (nSPS) is 10.6. The SMILES string of the molecule is CCn1cc(C(=O)Nc2ccc(NC(C)=O)cc2)c2cccnc21. The van der Waals surface area contributed by atoms with Crippen LogP contribution in [0.15, 0.2) is 48.8 Å². The number of aromatic nitrogens is 2. The summed E-state index contributed by atoms with van der Waals surface area (Å²) < 4.78 is 1.95. The van der Waals surface area contributed by atoms with Gasteiger partial charge in [0.1, 0.15) is 5.65 Å². The fourth-order valence-electron chi connectivity index (χ4n) is 2.58. The number of rotatable bonds is 4. The van der Waals surface area contributed by atoms with E-state index in [1.807, 2.05) is 29.8 Å². The van der Waals surface area contributed by atoms with Crippen molar-refractivity contribution < 1.29 is 9.59 Å². The predicted octanol–water partition coefficient (Wildman–Crippen LogP) is 3.27. The molecule has 0 unspecified atom stereocenters. The number of hydrogen-bond acceptors (Lipinski definition) is 3. The van der Waals surface area contributed by atoms with Crippen molar-refractivity contribution in [2.75, 3.05) is 10.6 Å². The highest BCUT2D eigenvalue weighted by atomic mass is 16.2. The Morgan fingerprint density at radius 1 is 1.08 bits per heavy atom. The second-order valence-electron chi connectivity index (χ2n) is 5.42. The van der Waals surface area contributed by atoms with Crippen LogP contribution >= 0.6 is 0 Å². The molecule has 0 radical (unpaired) electrons. The molecule has 0 atom stereocenters. The lowest BCUT2D eigenvalue weighted by atomic mass is 10.2. The predicted molar refractivity (Wildman–Crippen MR) is 94.1 cm³/mol. The van der Waals surface area contributed by atoms with Crippen molar-refractivity contribution >= 4 is 34.2 Å². The van der Waals surface area contributed by atoms with Crippen LogP contribution in [0.3, 0.4) is 0 Å². The van der Waals surface area contributed by atoms with E-state index in [0.717, 1.165) is 17.6 Å². The largest absolute Gasteiger partial charge is 0.332 e. The molecule has 2 heterocycles. The average molecular weight is 322 g/mol. The smallest absolute Gasteiger partial charge is 0.257 e. The summed E-state index contributed by atoms with van der Waals surface area (Å²) in [5.41, 5.74) is 2.74. The van der Waals surface area contributed by atoms with Gasteiger partial charge in [-0.15, -0.1) is 0 Å². The minimum absolute atomic E-state index is 0.133. The van der Waals surface area contributed by atoms with Crippen molar-refractivity contribution in [3.8, 4) is 0 Å². The number of aryl methyl sites for hydroxylation is 1. The molecular weight excluding hydrogens is 304 g/mol. The zero-order valence-corrected chi connectivity index (χ0v) is 13.5. The molecule has 6 heteroatoms. The third-order valence-electron chi connectivity index (χ3n) is 3.68. The molecule has 0 aliphatic carbocycles. The Morgan fingerprint density at radius 2 is 1.75 bits per heavy atom. The van der Waals surface area contributed by atoms with Gasteiger partial charge in [-0.3, -0.25) is 9.59 Å². The number of fused-ring (bicyclic) bond motifs is 1. The standard InChI is InChI=1S/C18H18N4O2/c1-3-22-11-16(15-5-4-10-19-17(15)22)18(24)21-14-8-6-13(7-9-14)20-12(2)23/h4-11H,3H2,1-2H3,(H,20,23)(H,21,24). The summed E-state index contributed by atoms with van der Waals surface area (Å²) in [4.78, 5) is 28.0. The van der Waals surface area contributed by atoms with Crippen molar-refractivity contribution in [2.24, 2.45) is 0 Å². The molecule has 2 amide bonds. The molecule has 2 N–H and O–H groups in total. The highest BCUT2D eigenvalue weighted by Gasteiger charge is 2.15. The Bertz CT molecular complexity index is 897. The molecule has 0 aliphatic rings. The van der Waals surface area contributed by atoms with Crippen molar-refractivity contribution in [1.29, 1.82) is 0 Å². The molecule has 2 aromatic heterocycles. The number of anilines is 2. The zero-order chi connectivity index (χ0) is 17.1. The molecule has 0 aliphatic heterocycles. The molecule has 0 spiro atoms. The van der Waals surface area contributed by atoms with Gasteiger partial charge in [0, 0.05) is 42.6 Å². The van der Waals surface area contributed by atoms with Crippen LogP contribution in [0, 0.1) is 0 Å². The van der Waals surface area contributed by atoms with Gasteiger partial charge in [-0.25, -0.2) is 4.98 Å². The van der Waals surface area contributed by atoms with Crippen LogP contribution in [0.25, 0.3) is 11.0 Å². The van der Waals surface area contributed by atoms with E-state index in [1.54, 1.807) is 30.5 Å². The van der Waals surface area contributed by atoms with Gasteiger partial charge < -0.3 is 15.2 Å². The molecule has 0 saturated carbocycles. The summed E-state index contributed by atoms with van der Waals surface area (Å²) in [6, 6.07) is 10.7. The minimum atomic E-state index is -0.188. The monoisotopic (exact) mass is 322 g/mol. The molecule has 3 aromatic rings. The summed E-state index contributed by atoms with van der Waals surface area (Å²) >= 11 is 0. The maximum Gasteiger partial charge on any atom is 0.257 e. The second-order valence-corrected chi connectivity index (χ2v) is 5.42. The number of benzene rings is 1. The van der Waals surface area contributed by atoms with Crippen LogP contribution < -0.4 is 10.6 Å². The van der Waals surface area contributed by atoms with E-state index in [1.165, 1.54) is 6.92 Å². The van der Waals surface area contributed by atoms with Gasteiger partial charge in [-0.1, -0.05) is 0 Å². The molecule has 1 aromatic carbocycles. The van der Waals surface area contributed by atoms with Crippen molar-refractivity contribution in [1.82, 2.24) is 9.55 Å². The summed E-state index contributed by atoms with van der Waals surface area (Å²) in [7, 11) is 0. The first kappa shape index (κ1) is 15.7. The number of amides is 2. The first-order valence-corrected chi connectivity index (χ1v) is 7.71. The fraction of sp³-hybridized carbons (Fsp3) is 0.167. The van der Waals surface area contributed by atoms with Crippen LogP contribution in [0.5, 0.6) is 0 Å². The molecule has 24 heavy (non-hydrogen) atoms.